The van der Waals surface area contributed by atoms with E-state index in [4.69, 9.17) is 4.74 Å². The van der Waals surface area contributed by atoms with Gasteiger partial charge in [-0.2, -0.15) is 0 Å². The minimum atomic E-state index is -0.433. The molecule has 1 heterocycles. The first-order chi connectivity index (χ1) is 12.9. The number of ether oxygens (including phenoxy) is 1. The average molecular weight is 368 g/mol. The number of amides is 3. The molecule has 0 radical (unpaired) electrons. The largest absolute Gasteiger partial charge is 0.458 e. The second-order valence-corrected chi connectivity index (χ2v) is 8.19. The molecule has 2 bridgehead atoms. The Hall–Kier alpha value is -2.63. The van der Waals surface area contributed by atoms with Crippen molar-refractivity contribution in [3.63, 3.8) is 0 Å². The molecule has 27 heavy (non-hydrogen) atoms. The summed E-state index contributed by atoms with van der Waals surface area (Å²) in [5.41, 5.74) is 2.50. The molecular formula is C21H24N2O4. The third kappa shape index (κ3) is 3.03. The summed E-state index contributed by atoms with van der Waals surface area (Å²) < 4.78 is 5.60. The number of imide groups is 1. The van der Waals surface area contributed by atoms with Crippen LogP contribution in [0.15, 0.2) is 35.9 Å². The van der Waals surface area contributed by atoms with E-state index in [0.29, 0.717) is 23.7 Å². The van der Waals surface area contributed by atoms with Crippen molar-refractivity contribution >= 4 is 17.9 Å². The summed E-state index contributed by atoms with van der Waals surface area (Å²) in [4.78, 5) is 37.4. The summed E-state index contributed by atoms with van der Waals surface area (Å²) in [6.07, 6.45) is 4.45. The number of benzene rings is 1. The van der Waals surface area contributed by atoms with Gasteiger partial charge in [0.15, 0.2) is 0 Å². The normalized spacial score (nSPS) is 25.6. The summed E-state index contributed by atoms with van der Waals surface area (Å²) in [6.45, 7) is 4.94. The van der Waals surface area contributed by atoms with E-state index in [9.17, 15) is 14.4 Å². The highest BCUT2D eigenvalue weighted by atomic mass is 16.5. The van der Waals surface area contributed by atoms with Gasteiger partial charge in [0.25, 0.3) is 0 Å². The lowest BCUT2D eigenvalue weighted by Crippen LogP contribution is -2.48. The maximum atomic E-state index is 12.7. The lowest BCUT2D eigenvalue weighted by Gasteiger charge is -2.56. The Labute approximate surface area is 158 Å². The van der Waals surface area contributed by atoms with Crippen molar-refractivity contribution < 1.29 is 19.1 Å². The second-order valence-electron chi connectivity index (χ2n) is 8.19. The zero-order valence-corrected chi connectivity index (χ0v) is 15.7. The number of hydrogen-bond donors (Lipinski definition) is 1. The third-order valence-electron chi connectivity index (χ3n) is 6.46. The second kappa shape index (κ2) is 6.51. The van der Waals surface area contributed by atoms with Crippen LogP contribution in [0.5, 0.6) is 0 Å². The van der Waals surface area contributed by atoms with Crippen molar-refractivity contribution in [2.45, 2.75) is 33.2 Å². The zero-order valence-electron chi connectivity index (χ0n) is 15.7. The molecule has 0 unspecified atom stereocenters. The van der Waals surface area contributed by atoms with Crippen molar-refractivity contribution in [2.24, 2.45) is 17.3 Å². The number of urea groups is 1. The van der Waals surface area contributed by atoms with Crippen LogP contribution in [-0.4, -0.2) is 36.0 Å². The molecule has 5 rings (SSSR count). The fourth-order valence-corrected chi connectivity index (χ4v) is 4.51. The first-order valence-corrected chi connectivity index (χ1v) is 9.40. The lowest BCUT2D eigenvalue weighted by molar-refractivity contribution is -0.125. The number of rotatable bonds is 5. The van der Waals surface area contributed by atoms with Crippen molar-refractivity contribution in [2.75, 3.05) is 13.2 Å². The van der Waals surface area contributed by atoms with E-state index in [0.717, 1.165) is 17.2 Å². The maximum Gasteiger partial charge on any atom is 0.338 e. The first kappa shape index (κ1) is 17.8. The quantitative estimate of drug-likeness (QED) is 0.493. The molecule has 1 aromatic rings. The van der Waals surface area contributed by atoms with E-state index in [1.807, 2.05) is 0 Å². The van der Waals surface area contributed by atoms with Gasteiger partial charge in [0, 0.05) is 0 Å². The van der Waals surface area contributed by atoms with Gasteiger partial charge in [-0.05, 0) is 47.3 Å². The third-order valence-corrected chi connectivity index (χ3v) is 6.46. The van der Waals surface area contributed by atoms with Crippen molar-refractivity contribution in [3.8, 4) is 0 Å². The number of hydrogen-bond acceptors (Lipinski definition) is 4. The molecule has 3 amide bonds. The summed E-state index contributed by atoms with van der Waals surface area (Å²) in [5.74, 6) is 0.521. The fraction of sp³-hybridized carbons (Fsp3) is 0.476. The Morgan fingerprint density at radius 3 is 2.74 bits per heavy atom. The number of esters is 1. The van der Waals surface area contributed by atoms with Gasteiger partial charge in [0.05, 0.1) is 18.7 Å². The Morgan fingerprint density at radius 1 is 1.30 bits per heavy atom. The maximum absolute atomic E-state index is 12.7. The number of carbonyl (C=O) groups excluding carboxylic acids is 3. The number of carbonyl (C=O) groups is 3. The molecule has 1 saturated heterocycles. The minimum absolute atomic E-state index is 0.00221. The smallest absolute Gasteiger partial charge is 0.338 e. The van der Waals surface area contributed by atoms with Gasteiger partial charge in [-0.1, -0.05) is 38.1 Å². The highest BCUT2D eigenvalue weighted by Crippen LogP contribution is 2.59. The van der Waals surface area contributed by atoms with Crippen LogP contribution in [0.25, 0.3) is 0 Å². The molecule has 6 heteroatoms. The summed E-state index contributed by atoms with van der Waals surface area (Å²) in [5, 5.41) is 2.49. The molecule has 0 aromatic heterocycles. The summed E-state index contributed by atoms with van der Waals surface area (Å²) >= 11 is 0. The zero-order chi connectivity index (χ0) is 19.2. The Kier molecular flexibility index (Phi) is 4.29. The first-order valence-electron chi connectivity index (χ1n) is 9.40. The van der Waals surface area contributed by atoms with Crippen LogP contribution in [-0.2, 0) is 16.1 Å². The molecule has 1 aliphatic heterocycles. The molecule has 142 valence electrons. The number of allylic oxidation sites excluding steroid dienone is 1. The molecular weight excluding hydrogens is 344 g/mol. The van der Waals surface area contributed by atoms with Gasteiger partial charge in [-0.15, -0.1) is 0 Å². The van der Waals surface area contributed by atoms with E-state index in [1.54, 1.807) is 24.3 Å². The van der Waals surface area contributed by atoms with Gasteiger partial charge < -0.3 is 10.1 Å². The van der Waals surface area contributed by atoms with Gasteiger partial charge in [0.1, 0.15) is 6.61 Å². The molecule has 1 N–H and O–H groups in total. The van der Waals surface area contributed by atoms with Gasteiger partial charge in [-0.25, -0.2) is 9.59 Å². The van der Waals surface area contributed by atoms with Crippen molar-refractivity contribution in [3.05, 3.63) is 47.0 Å². The van der Waals surface area contributed by atoms with Crippen molar-refractivity contribution in [1.82, 2.24) is 10.2 Å². The standard InChI is InChI=1S/C21H24N2O4/c1-21(2)15-8-7-14(17(21)9-15)12-27-19(25)16-6-4-3-5-13(16)11-23-18(24)10-22-20(23)26/h3-7,15,17H,8-12H2,1-2H3,(H,22,26)/t15-,17-/m0/s1. The SMILES string of the molecule is CC1(C)[C@H]2CC=C(COC(=O)c3ccccc3CN3C(=O)CNC3=O)[C@@H]1C2. The van der Waals surface area contributed by atoms with Crippen LogP contribution in [0.2, 0.25) is 0 Å². The van der Waals surface area contributed by atoms with Crippen LogP contribution in [0, 0.1) is 17.3 Å². The lowest BCUT2D eigenvalue weighted by atomic mass is 9.49. The van der Waals surface area contributed by atoms with Gasteiger partial charge in [-0.3, -0.25) is 9.69 Å². The molecule has 3 aliphatic carbocycles. The molecule has 4 aliphatic rings. The predicted molar refractivity (Wildman–Crippen MR) is 98.8 cm³/mol. The molecule has 1 aromatic carbocycles. The van der Waals surface area contributed by atoms with Gasteiger partial charge in [0.2, 0.25) is 5.91 Å². The van der Waals surface area contributed by atoms with Crippen LogP contribution in [0.3, 0.4) is 0 Å². The molecule has 1 saturated carbocycles. The Balaban J connectivity index is 1.44. The van der Waals surface area contributed by atoms with E-state index < -0.39 is 12.0 Å². The average Bonchev–Trinajstić information content (AvgIpc) is 2.98. The van der Waals surface area contributed by atoms with E-state index in [-0.39, 0.29) is 24.4 Å². The Bertz CT molecular complexity index is 826. The predicted octanol–water partition coefficient (Wildman–Crippen LogP) is 2.89. The highest BCUT2D eigenvalue weighted by molar-refractivity contribution is 6.02. The van der Waals surface area contributed by atoms with Crippen LogP contribution in [0.4, 0.5) is 4.79 Å². The van der Waals surface area contributed by atoms with Crippen LogP contribution in [0.1, 0.15) is 42.6 Å². The van der Waals surface area contributed by atoms with Crippen molar-refractivity contribution in [1.29, 1.82) is 0 Å². The van der Waals surface area contributed by atoms with E-state index in [2.05, 4.69) is 25.2 Å². The molecule has 2 atom stereocenters. The molecule has 2 fully saturated rings. The Morgan fingerprint density at radius 2 is 2.07 bits per heavy atom. The van der Waals surface area contributed by atoms with Gasteiger partial charge >= 0.3 is 12.0 Å². The monoisotopic (exact) mass is 368 g/mol. The summed E-state index contributed by atoms with van der Waals surface area (Å²) in [6, 6.07) is 6.53. The number of nitrogens with zero attached hydrogens (tertiary/aromatic N) is 1. The minimum Gasteiger partial charge on any atom is -0.458 e. The molecule has 0 spiro atoms. The fourth-order valence-electron chi connectivity index (χ4n) is 4.51. The summed E-state index contributed by atoms with van der Waals surface area (Å²) in [7, 11) is 0. The van der Waals surface area contributed by atoms with Crippen LogP contribution >= 0.6 is 0 Å². The molecule has 6 nitrogen and oxygen atoms in total. The van der Waals surface area contributed by atoms with E-state index in [1.165, 1.54) is 12.0 Å². The van der Waals surface area contributed by atoms with E-state index >= 15 is 0 Å². The highest BCUT2D eigenvalue weighted by Gasteiger charge is 2.51. The topological polar surface area (TPSA) is 75.7 Å². The number of fused-ring (bicyclic) bond motifs is 1. The van der Waals surface area contributed by atoms with Crippen LogP contribution < -0.4 is 5.32 Å². The number of nitrogens with one attached hydrogen (secondary N) is 1.